The van der Waals surface area contributed by atoms with Gasteiger partial charge in [0.25, 0.3) is 0 Å². The molecule has 2 aromatic rings. The maximum Gasteiger partial charge on any atom is 0.241 e. The van der Waals surface area contributed by atoms with Gasteiger partial charge < -0.3 is 10.6 Å². The molecule has 1 heterocycles. The van der Waals surface area contributed by atoms with Crippen molar-refractivity contribution in [1.82, 2.24) is 9.62 Å². The zero-order valence-corrected chi connectivity index (χ0v) is 25.2. The summed E-state index contributed by atoms with van der Waals surface area (Å²) in [5, 5.41) is 7.81. The van der Waals surface area contributed by atoms with Gasteiger partial charge in [-0.1, -0.05) is 84.7 Å². The average molecular weight is 555 g/mol. The second kappa shape index (κ2) is 13.1. The predicted octanol–water partition coefficient (Wildman–Crippen LogP) is 5.63. The van der Waals surface area contributed by atoms with E-state index in [0.29, 0.717) is 23.5 Å². The zero-order valence-electron chi connectivity index (χ0n) is 24.4. The van der Waals surface area contributed by atoms with E-state index in [2.05, 4.69) is 18.6 Å². The SMILES string of the molecule is CC(C)c1cc(C(C)C)c(S(=O)(=O)N[C@@H](Cc2cccc(C(=N)N)c2)C(=O)N2CCCCCC2)c(C(C)C)c1. The van der Waals surface area contributed by atoms with E-state index in [-0.39, 0.29) is 35.9 Å². The fourth-order valence-electron chi connectivity index (χ4n) is 5.24. The molecule has 0 aliphatic carbocycles. The third-order valence-electron chi connectivity index (χ3n) is 7.54. The number of hydrogen-bond donors (Lipinski definition) is 3. The molecule has 4 N–H and O–H groups in total. The lowest BCUT2D eigenvalue weighted by molar-refractivity contribution is -0.132. The molecule has 1 aliphatic heterocycles. The van der Waals surface area contributed by atoms with Gasteiger partial charge in [-0.25, -0.2) is 8.42 Å². The van der Waals surface area contributed by atoms with Crippen molar-refractivity contribution >= 4 is 21.8 Å². The second-order valence-corrected chi connectivity index (χ2v) is 13.4. The van der Waals surface area contributed by atoms with E-state index in [9.17, 15) is 13.2 Å². The van der Waals surface area contributed by atoms with E-state index < -0.39 is 16.1 Å². The van der Waals surface area contributed by atoms with Gasteiger partial charge >= 0.3 is 0 Å². The minimum atomic E-state index is -4.06. The summed E-state index contributed by atoms with van der Waals surface area (Å²) in [5.74, 6) is -0.0406. The molecule has 1 saturated heterocycles. The number of amides is 1. The number of carbonyl (C=O) groups is 1. The number of benzene rings is 2. The van der Waals surface area contributed by atoms with Crippen molar-refractivity contribution in [1.29, 1.82) is 5.41 Å². The Bertz CT molecular complexity index is 1250. The smallest absolute Gasteiger partial charge is 0.241 e. The van der Waals surface area contributed by atoms with Crippen molar-refractivity contribution < 1.29 is 13.2 Å². The van der Waals surface area contributed by atoms with Crippen molar-refractivity contribution in [3.8, 4) is 0 Å². The monoisotopic (exact) mass is 554 g/mol. The van der Waals surface area contributed by atoms with Crippen LogP contribution in [0.1, 0.15) is 113 Å². The van der Waals surface area contributed by atoms with Crippen molar-refractivity contribution in [2.24, 2.45) is 5.73 Å². The van der Waals surface area contributed by atoms with Crippen LogP contribution in [0.25, 0.3) is 0 Å². The van der Waals surface area contributed by atoms with Crippen LogP contribution in [-0.2, 0) is 21.2 Å². The number of amidine groups is 1. The normalized spacial score (nSPS) is 15.6. The summed E-state index contributed by atoms with van der Waals surface area (Å²) in [6.07, 6.45) is 4.14. The van der Waals surface area contributed by atoms with Crippen LogP contribution >= 0.6 is 0 Å². The summed E-state index contributed by atoms with van der Waals surface area (Å²) in [6.45, 7) is 13.5. The first-order chi connectivity index (χ1) is 18.3. The molecule has 39 heavy (non-hydrogen) atoms. The van der Waals surface area contributed by atoms with Gasteiger partial charge in [0, 0.05) is 18.7 Å². The third-order valence-corrected chi connectivity index (χ3v) is 9.14. The molecule has 0 spiro atoms. The van der Waals surface area contributed by atoms with Crippen LogP contribution in [0.3, 0.4) is 0 Å². The summed E-state index contributed by atoms with van der Waals surface area (Å²) in [6, 6.07) is 10.2. The highest BCUT2D eigenvalue weighted by atomic mass is 32.2. The third kappa shape index (κ3) is 7.70. The maximum atomic E-state index is 14.3. The highest BCUT2D eigenvalue weighted by Gasteiger charge is 2.33. The average Bonchev–Trinajstić information content (AvgIpc) is 3.16. The molecule has 214 valence electrons. The first-order valence-electron chi connectivity index (χ1n) is 14.2. The molecule has 1 aliphatic rings. The Morgan fingerprint density at radius 1 is 0.923 bits per heavy atom. The predicted molar refractivity (Wildman–Crippen MR) is 159 cm³/mol. The van der Waals surface area contributed by atoms with Crippen molar-refractivity contribution in [3.05, 3.63) is 64.2 Å². The Labute approximate surface area is 235 Å². The summed E-state index contributed by atoms with van der Waals surface area (Å²) >= 11 is 0. The summed E-state index contributed by atoms with van der Waals surface area (Å²) < 4.78 is 31.4. The van der Waals surface area contributed by atoms with Crippen LogP contribution < -0.4 is 10.5 Å². The van der Waals surface area contributed by atoms with Gasteiger partial charge in [-0.15, -0.1) is 0 Å². The molecule has 0 saturated carbocycles. The molecule has 1 amide bonds. The number of nitrogen functional groups attached to an aromatic ring is 1. The fourth-order valence-corrected chi connectivity index (χ4v) is 7.12. The number of nitrogens with zero attached hydrogens (tertiary/aromatic N) is 1. The highest BCUT2D eigenvalue weighted by Crippen LogP contribution is 2.35. The van der Waals surface area contributed by atoms with Gasteiger partial charge in [0.15, 0.2) is 0 Å². The number of hydrogen-bond acceptors (Lipinski definition) is 4. The maximum absolute atomic E-state index is 14.3. The van der Waals surface area contributed by atoms with Gasteiger partial charge in [0.2, 0.25) is 15.9 Å². The van der Waals surface area contributed by atoms with Gasteiger partial charge in [0.1, 0.15) is 11.9 Å². The second-order valence-electron chi connectivity index (χ2n) is 11.7. The lowest BCUT2D eigenvalue weighted by Crippen LogP contribution is -2.50. The minimum absolute atomic E-state index is 0.0141. The molecule has 3 rings (SSSR count). The molecule has 0 radical (unpaired) electrons. The van der Waals surface area contributed by atoms with Crippen molar-refractivity contribution in [2.45, 2.75) is 102 Å². The van der Waals surface area contributed by atoms with Crippen LogP contribution in [0.5, 0.6) is 0 Å². The van der Waals surface area contributed by atoms with E-state index >= 15 is 0 Å². The Kier molecular flexibility index (Phi) is 10.4. The standard InChI is InChI=1S/C31H46N4O3S/c1-20(2)25-18-26(21(3)4)29(27(19-25)22(5)6)39(37,38)34-28(31(36)35-14-9-7-8-10-15-35)17-23-12-11-13-24(16-23)30(32)33/h11-13,16,18-22,28,34H,7-10,14-15,17H2,1-6H3,(H3,32,33)/t28-/m0/s1. The van der Waals surface area contributed by atoms with Crippen LogP contribution in [0, 0.1) is 5.41 Å². The summed E-state index contributed by atoms with van der Waals surface area (Å²) in [4.78, 5) is 16.0. The molecule has 0 aromatic heterocycles. The quantitative estimate of drug-likeness (QED) is 0.261. The van der Waals surface area contributed by atoms with Gasteiger partial charge in [-0.3, -0.25) is 10.2 Å². The summed E-state index contributed by atoms with van der Waals surface area (Å²) in [5.41, 5.74) is 9.66. The van der Waals surface area contributed by atoms with Crippen molar-refractivity contribution in [3.63, 3.8) is 0 Å². The van der Waals surface area contributed by atoms with Gasteiger partial charge in [0.05, 0.1) is 4.90 Å². The lowest BCUT2D eigenvalue weighted by Gasteiger charge is -2.28. The largest absolute Gasteiger partial charge is 0.384 e. The number of carbonyl (C=O) groups excluding carboxylic acids is 1. The molecule has 0 unspecified atom stereocenters. The number of sulfonamides is 1. The molecule has 8 heteroatoms. The molecule has 7 nitrogen and oxygen atoms in total. The van der Waals surface area contributed by atoms with Gasteiger partial charge in [-0.2, -0.15) is 4.72 Å². The van der Waals surface area contributed by atoms with E-state index in [1.165, 1.54) is 0 Å². The summed E-state index contributed by atoms with van der Waals surface area (Å²) in [7, 11) is -4.06. The first-order valence-corrected chi connectivity index (χ1v) is 15.7. The van der Waals surface area contributed by atoms with Crippen LogP contribution in [0.2, 0.25) is 0 Å². The lowest BCUT2D eigenvalue weighted by atomic mass is 9.89. The van der Waals surface area contributed by atoms with E-state index in [1.54, 1.807) is 18.2 Å². The molecule has 1 fully saturated rings. The molecule has 2 aromatic carbocycles. The topological polar surface area (TPSA) is 116 Å². The van der Waals surface area contributed by atoms with E-state index in [1.807, 2.05) is 50.8 Å². The number of nitrogens with one attached hydrogen (secondary N) is 2. The molecule has 0 bridgehead atoms. The highest BCUT2D eigenvalue weighted by molar-refractivity contribution is 7.89. The van der Waals surface area contributed by atoms with Crippen LogP contribution in [0.4, 0.5) is 0 Å². The number of nitrogens with two attached hydrogens (primary N) is 1. The minimum Gasteiger partial charge on any atom is -0.384 e. The Balaban J connectivity index is 2.10. The Morgan fingerprint density at radius 2 is 1.49 bits per heavy atom. The van der Waals surface area contributed by atoms with Crippen molar-refractivity contribution in [2.75, 3.05) is 13.1 Å². The molecular formula is C31H46N4O3S. The first kappa shape index (κ1) is 30.8. The molecule has 1 atom stereocenters. The van der Waals surface area contributed by atoms with Crippen LogP contribution in [0.15, 0.2) is 41.3 Å². The fraction of sp³-hybridized carbons (Fsp3) is 0.548. The number of rotatable bonds is 10. The van der Waals surface area contributed by atoms with E-state index in [0.717, 1.165) is 47.9 Å². The van der Waals surface area contributed by atoms with E-state index in [4.69, 9.17) is 11.1 Å². The van der Waals surface area contributed by atoms with Crippen LogP contribution in [-0.4, -0.2) is 44.2 Å². The Hall–Kier alpha value is -2.71. The Morgan fingerprint density at radius 3 is 1.97 bits per heavy atom. The zero-order chi connectivity index (χ0) is 28.9. The number of likely N-dealkylation sites (tertiary alicyclic amines) is 1. The molecular weight excluding hydrogens is 508 g/mol. The van der Waals surface area contributed by atoms with Gasteiger partial charge in [-0.05, 0) is 65.3 Å².